The maximum atomic E-state index is 13.0. The molecule has 2 aliphatic heterocycles. The van der Waals surface area contributed by atoms with Crippen molar-refractivity contribution in [3.63, 3.8) is 0 Å². The van der Waals surface area contributed by atoms with Gasteiger partial charge >= 0.3 is 0 Å². The number of hydrogen-bond donors (Lipinski definition) is 2. The minimum atomic E-state index is -0.170. The third kappa shape index (κ3) is 4.61. The van der Waals surface area contributed by atoms with E-state index >= 15 is 0 Å². The van der Waals surface area contributed by atoms with Crippen LogP contribution in [0.15, 0.2) is 72.5 Å². The Hall–Kier alpha value is -3.45. The molecule has 0 atom stereocenters. The summed E-state index contributed by atoms with van der Waals surface area (Å²) >= 11 is 0. The van der Waals surface area contributed by atoms with Crippen LogP contribution in [-0.4, -0.2) is 65.1 Å². The van der Waals surface area contributed by atoms with E-state index in [0.717, 1.165) is 42.9 Å². The van der Waals surface area contributed by atoms with Crippen LogP contribution in [0.25, 0.3) is 17.2 Å². The molecule has 6 heteroatoms. The normalized spacial score (nSPS) is 17.7. The first-order valence-corrected chi connectivity index (χ1v) is 11.6. The number of aliphatic hydroxyl groups is 1. The van der Waals surface area contributed by atoms with Gasteiger partial charge in [0.15, 0.2) is 5.76 Å². The Morgan fingerprint density at radius 3 is 2.24 bits per heavy atom. The van der Waals surface area contributed by atoms with Crippen LogP contribution in [0, 0.1) is 0 Å². The molecular weight excluding hydrogens is 428 g/mol. The number of nitrogens with zero attached hydrogens (tertiary/aromatic N) is 2. The number of ether oxygens (including phenoxy) is 1. The van der Waals surface area contributed by atoms with E-state index in [0.29, 0.717) is 30.0 Å². The fraction of sp³-hybridized carbons (Fsp3) is 0.250. The minimum absolute atomic E-state index is 0.137. The Kier molecular flexibility index (Phi) is 6.45. The topological polar surface area (TPSA) is 73.2 Å². The predicted octanol–water partition coefficient (Wildman–Crippen LogP) is 3.79. The van der Waals surface area contributed by atoms with E-state index in [-0.39, 0.29) is 23.9 Å². The third-order valence-corrected chi connectivity index (χ3v) is 6.49. The number of rotatable bonds is 6. The molecule has 0 bridgehead atoms. The van der Waals surface area contributed by atoms with Gasteiger partial charge in [-0.1, -0.05) is 54.6 Å². The van der Waals surface area contributed by atoms with Crippen LogP contribution in [0.3, 0.4) is 0 Å². The number of benzene rings is 3. The lowest BCUT2D eigenvalue weighted by Gasteiger charge is -2.34. The van der Waals surface area contributed by atoms with Crippen molar-refractivity contribution in [2.75, 3.05) is 39.3 Å². The summed E-state index contributed by atoms with van der Waals surface area (Å²) < 4.78 is 6.03. The Balaban J connectivity index is 1.34. The number of Topliss-reactive ketones (excluding diaryl/α,β-unsaturated/α-hetero) is 1. The number of hydrogen-bond acceptors (Lipinski definition) is 6. The number of fused-ring (bicyclic) bond motifs is 1. The molecule has 0 aliphatic carbocycles. The van der Waals surface area contributed by atoms with Crippen molar-refractivity contribution in [2.24, 2.45) is 0 Å². The van der Waals surface area contributed by atoms with Gasteiger partial charge in [0.1, 0.15) is 11.5 Å². The molecule has 0 radical (unpaired) electrons. The first-order valence-electron chi connectivity index (χ1n) is 11.6. The average Bonchev–Trinajstić information content (AvgIpc) is 3.18. The van der Waals surface area contributed by atoms with Crippen LogP contribution in [0.1, 0.15) is 21.5 Å². The van der Waals surface area contributed by atoms with Gasteiger partial charge in [0.05, 0.1) is 17.7 Å². The summed E-state index contributed by atoms with van der Waals surface area (Å²) in [6.45, 7) is 4.72. The van der Waals surface area contributed by atoms with Crippen LogP contribution in [0.4, 0.5) is 0 Å². The molecular formula is C28H28N2O4. The van der Waals surface area contributed by atoms with Crippen molar-refractivity contribution in [1.82, 2.24) is 9.80 Å². The van der Waals surface area contributed by atoms with Gasteiger partial charge in [0.25, 0.3) is 0 Å². The largest absolute Gasteiger partial charge is 0.507 e. The van der Waals surface area contributed by atoms with Crippen LogP contribution in [0.5, 0.6) is 11.5 Å². The lowest BCUT2D eigenvalue weighted by molar-refractivity contribution is 0.101. The van der Waals surface area contributed by atoms with Gasteiger partial charge in [-0.2, -0.15) is 0 Å². The first kappa shape index (κ1) is 22.3. The van der Waals surface area contributed by atoms with Gasteiger partial charge in [-0.25, -0.2) is 0 Å². The van der Waals surface area contributed by atoms with Crippen molar-refractivity contribution in [3.8, 4) is 22.6 Å². The number of β-amino-alcohol motifs (C(OH)–C–C–N with tert-alkyl or cyclic N) is 1. The van der Waals surface area contributed by atoms with E-state index < -0.39 is 0 Å². The second kappa shape index (κ2) is 9.81. The summed E-state index contributed by atoms with van der Waals surface area (Å²) in [5.74, 6) is 0.686. The van der Waals surface area contributed by atoms with Gasteiger partial charge in [-0.3, -0.25) is 14.6 Å². The molecule has 2 heterocycles. The lowest BCUT2D eigenvalue weighted by atomic mass is 10.0. The Labute approximate surface area is 199 Å². The number of allylic oxidation sites excluding steroid dienone is 1. The Morgan fingerprint density at radius 2 is 1.53 bits per heavy atom. The fourth-order valence-corrected chi connectivity index (χ4v) is 4.54. The SMILES string of the molecule is O=C1/C(=C/c2ccc(-c3ccccc3)cc2)Oc2c1ccc(O)c2CN1CCN(CCO)CC1. The van der Waals surface area contributed by atoms with E-state index in [4.69, 9.17) is 9.84 Å². The van der Waals surface area contributed by atoms with E-state index in [9.17, 15) is 9.90 Å². The van der Waals surface area contributed by atoms with Crippen LogP contribution in [0.2, 0.25) is 0 Å². The van der Waals surface area contributed by atoms with Crippen LogP contribution >= 0.6 is 0 Å². The summed E-state index contributed by atoms with van der Waals surface area (Å²) in [5.41, 5.74) is 4.25. The highest BCUT2D eigenvalue weighted by atomic mass is 16.5. The Morgan fingerprint density at radius 1 is 0.853 bits per heavy atom. The number of phenols is 1. The highest BCUT2D eigenvalue weighted by Gasteiger charge is 2.32. The molecule has 1 fully saturated rings. The highest BCUT2D eigenvalue weighted by Crippen LogP contribution is 2.40. The molecule has 0 spiro atoms. The van der Waals surface area contributed by atoms with Crippen molar-refractivity contribution >= 4 is 11.9 Å². The molecule has 2 N–H and O–H groups in total. The highest BCUT2D eigenvalue weighted by molar-refractivity contribution is 6.15. The predicted molar refractivity (Wildman–Crippen MR) is 132 cm³/mol. The van der Waals surface area contributed by atoms with Crippen molar-refractivity contribution in [3.05, 3.63) is 89.2 Å². The van der Waals surface area contributed by atoms with Gasteiger partial charge in [0, 0.05) is 39.3 Å². The minimum Gasteiger partial charge on any atom is -0.507 e. The average molecular weight is 457 g/mol. The molecule has 0 unspecified atom stereocenters. The summed E-state index contributed by atoms with van der Waals surface area (Å²) in [5, 5.41) is 19.7. The number of carbonyl (C=O) groups excluding carboxylic acids is 1. The summed E-state index contributed by atoms with van der Waals surface area (Å²) in [4.78, 5) is 17.5. The zero-order chi connectivity index (χ0) is 23.5. The number of phenolic OH excluding ortho intramolecular Hbond substituents is 1. The number of ketones is 1. The Bertz CT molecular complexity index is 1200. The van der Waals surface area contributed by atoms with Crippen molar-refractivity contribution in [2.45, 2.75) is 6.54 Å². The van der Waals surface area contributed by atoms with Crippen LogP contribution in [-0.2, 0) is 6.54 Å². The monoisotopic (exact) mass is 456 g/mol. The molecule has 0 saturated carbocycles. The molecule has 5 rings (SSSR count). The van der Waals surface area contributed by atoms with Crippen molar-refractivity contribution < 1.29 is 19.7 Å². The maximum absolute atomic E-state index is 13.0. The smallest absolute Gasteiger partial charge is 0.231 e. The molecule has 1 saturated heterocycles. The van der Waals surface area contributed by atoms with Gasteiger partial charge in [-0.05, 0) is 34.9 Å². The molecule has 6 nitrogen and oxygen atoms in total. The molecule has 3 aromatic carbocycles. The quantitative estimate of drug-likeness (QED) is 0.550. The summed E-state index contributed by atoms with van der Waals surface area (Å²) in [6, 6.07) is 21.4. The number of piperazine rings is 1. The van der Waals surface area contributed by atoms with Crippen LogP contribution < -0.4 is 4.74 Å². The maximum Gasteiger partial charge on any atom is 0.231 e. The van der Waals surface area contributed by atoms with E-state index in [2.05, 4.69) is 21.9 Å². The second-order valence-electron chi connectivity index (χ2n) is 8.71. The van der Waals surface area contributed by atoms with Gasteiger partial charge in [0.2, 0.25) is 5.78 Å². The fourth-order valence-electron chi connectivity index (χ4n) is 4.54. The summed E-state index contributed by atoms with van der Waals surface area (Å²) in [6.07, 6.45) is 1.76. The van der Waals surface area contributed by atoms with E-state index in [1.54, 1.807) is 18.2 Å². The number of aliphatic hydroxyl groups excluding tert-OH is 1. The molecule has 174 valence electrons. The molecule has 2 aliphatic rings. The second-order valence-corrected chi connectivity index (χ2v) is 8.71. The standard InChI is InChI=1S/C28H28N2O4/c31-17-16-29-12-14-30(15-13-29)19-24-25(32)11-10-23-27(33)26(34-28(23)24)18-20-6-8-22(9-7-20)21-4-2-1-3-5-21/h1-11,18,31-32H,12-17,19H2/b26-18-. The third-order valence-electron chi connectivity index (χ3n) is 6.49. The molecule has 0 amide bonds. The molecule has 3 aromatic rings. The number of aromatic hydroxyl groups is 1. The molecule has 0 aromatic heterocycles. The zero-order valence-corrected chi connectivity index (χ0v) is 19.0. The number of carbonyl (C=O) groups is 1. The van der Waals surface area contributed by atoms with E-state index in [1.807, 2.05) is 42.5 Å². The van der Waals surface area contributed by atoms with Gasteiger partial charge < -0.3 is 14.9 Å². The van der Waals surface area contributed by atoms with Gasteiger partial charge in [-0.15, -0.1) is 0 Å². The lowest BCUT2D eigenvalue weighted by Crippen LogP contribution is -2.46. The van der Waals surface area contributed by atoms with E-state index in [1.165, 1.54) is 0 Å². The first-order chi connectivity index (χ1) is 16.6. The van der Waals surface area contributed by atoms with Crippen molar-refractivity contribution in [1.29, 1.82) is 0 Å². The molecule has 34 heavy (non-hydrogen) atoms. The summed E-state index contributed by atoms with van der Waals surface area (Å²) in [7, 11) is 0. The zero-order valence-electron chi connectivity index (χ0n) is 19.0.